The number of fused-ring (bicyclic) bond motifs is 1. The molecule has 1 saturated heterocycles. The number of nitrogens with one attached hydrogen (secondary N) is 2. The molecule has 1 aliphatic rings. The summed E-state index contributed by atoms with van der Waals surface area (Å²) < 4.78 is 104. The summed E-state index contributed by atoms with van der Waals surface area (Å²) >= 11 is 0. The van der Waals surface area contributed by atoms with E-state index in [0.29, 0.717) is 33.7 Å². The first-order valence-corrected chi connectivity index (χ1v) is 22.9. The lowest BCUT2D eigenvalue weighted by Gasteiger charge is -2.28. The second-order valence-electron chi connectivity index (χ2n) is 17.8. The highest BCUT2D eigenvalue weighted by molar-refractivity contribution is 5.91. The van der Waals surface area contributed by atoms with Gasteiger partial charge in [0.2, 0.25) is 40.7 Å². The molecule has 5 aromatic carbocycles. The minimum Gasteiger partial charge on any atom is -0.497 e. The zero-order chi connectivity index (χ0) is 53.3. The smallest absolute Gasteiger partial charge is 0.411 e. The number of ether oxygens (including phenoxy) is 6. The molecule has 6 aromatic rings. The Hall–Kier alpha value is -8.49. The van der Waals surface area contributed by atoms with Gasteiger partial charge in [0.15, 0.2) is 0 Å². The van der Waals surface area contributed by atoms with Crippen molar-refractivity contribution in [1.29, 1.82) is 0 Å². The molecule has 4 atom stereocenters. The van der Waals surface area contributed by atoms with Crippen LogP contribution in [-0.4, -0.2) is 95.1 Å². The number of amides is 3. The molecule has 2 heterocycles. The van der Waals surface area contributed by atoms with E-state index in [4.69, 9.17) is 28.7 Å². The van der Waals surface area contributed by atoms with Gasteiger partial charge < -0.3 is 44.2 Å². The fraction of sp³-hybridized carbons (Fsp3) is 0.283. The van der Waals surface area contributed by atoms with Crippen molar-refractivity contribution in [2.24, 2.45) is 0 Å². The van der Waals surface area contributed by atoms with Crippen LogP contribution in [0.25, 0.3) is 22.2 Å². The van der Waals surface area contributed by atoms with E-state index in [2.05, 4.69) is 15.4 Å². The molecule has 0 spiro atoms. The Labute approximate surface area is 420 Å². The summed E-state index contributed by atoms with van der Waals surface area (Å²) in [5.41, 5.74) is 1.74. The van der Waals surface area contributed by atoms with Crippen LogP contribution in [0, 0.1) is 29.1 Å². The van der Waals surface area contributed by atoms with Gasteiger partial charge in [0.05, 0.1) is 31.5 Å². The molecule has 0 bridgehead atoms. The predicted octanol–water partition coefficient (Wildman–Crippen LogP) is 8.84. The normalized spacial score (nSPS) is 15.1. The summed E-state index contributed by atoms with van der Waals surface area (Å²) in [6.07, 6.45) is -3.71. The number of aliphatic carboxylic acids is 1. The Morgan fingerprint density at radius 3 is 2.09 bits per heavy atom. The number of methoxy groups -OCH3 is 1. The lowest BCUT2D eigenvalue weighted by atomic mass is 10.1. The minimum absolute atomic E-state index is 0.0585. The summed E-state index contributed by atoms with van der Waals surface area (Å²) in [6, 6.07) is 25.8. The van der Waals surface area contributed by atoms with Crippen LogP contribution in [0.15, 0.2) is 109 Å². The van der Waals surface area contributed by atoms with Gasteiger partial charge in [-0.15, -0.1) is 0 Å². The number of alkyl carbamates (subject to hydrolysis) is 1. The largest absolute Gasteiger partial charge is 0.497 e. The van der Waals surface area contributed by atoms with Gasteiger partial charge in [-0.2, -0.15) is 8.78 Å². The van der Waals surface area contributed by atoms with E-state index in [1.807, 2.05) is 30.3 Å². The summed E-state index contributed by atoms with van der Waals surface area (Å²) in [5, 5.41) is 15.6. The summed E-state index contributed by atoms with van der Waals surface area (Å²) in [7, 11) is 1.53. The van der Waals surface area contributed by atoms with Gasteiger partial charge in [-0.1, -0.05) is 72.8 Å². The number of carbonyl (C=O) groups excluding carboxylic acids is 4. The molecule has 0 aliphatic carbocycles. The van der Waals surface area contributed by atoms with Crippen LogP contribution in [0.3, 0.4) is 0 Å². The maximum absolute atomic E-state index is 14.5. The van der Waals surface area contributed by atoms with Crippen LogP contribution in [0.5, 0.6) is 23.0 Å². The van der Waals surface area contributed by atoms with E-state index >= 15 is 0 Å². The zero-order valence-corrected chi connectivity index (χ0v) is 40.2. The number of carboxylic acids is 1. The lowest BCUT2D eigenvalue weighted by molar-refractivity contribution is -0.142. The molecule has 2 unspecified atom stereocenters. The van der Waals surface area contributed by atoms with Crippen LogP contribution < -0.4 is 29.6 Å². The van der Waals surface area contributed by atoms with Crippen LogP contribution in [-0.2, 0) is 36.9 Å². The number of benzene rings is 5. The Bertz CT molecular complexity index is 3010. The maximum Gasteiger partial charge on any atom is 0.411 e. The topological polar surface area (TPSA) is 201 Å². The number of esters is 1. The SMILES string of the molecule is COc1ccc2c(O[C@@H]3CC(C(=O)N[C@@H](CCOc4cccc(CC(NC(=O)OCc5ccccc5)C(=O)Oc5c(F)c(F)c(F)c(F)c5F)c4)C(=O)O)N(C(=O)OC(C)(C)C)C3)cc(-c3ccccc3)nc2c1. The summed E-state index contributed by atoms with van der Waals surface area (Å²) in [4.78, 5) is 72.5. The molecule has 74 heavy (non-hydrogen) atoms. The first-order valence-electron chi connectivity index (χ1n) is 22.9. The second-order valence-corrected chi connectivity index (χ2v) is 17.8. The summed E-state index contributed by atoms with van der Waals surface area (Å²) in [5.74, 6) is -16.8. The minimum atomic E-state index is -2.48. The highest BCUT2D eigenvalue weighted by atomic mass is 19.2. The van der Waals surface area contributed by atoms with Crippen LogP contribution in [0.1, 0.15) is 44.7 Å². The fourth-order valence-electron chi connectivity index (χ4n) is 7.76. The van der Waals surface area contributed by atoms with Crippen LogP contribution >= 0.6 is 0 Å². The number of pyridine rings is 1. The van der Waals surface area contributed by atoms with Gasteiger partial charge >= 0.3 is 24.1 Å². The Kier molecular flexibility index (Phi) is 16.8. The number of hydrogen-bond acceptors (Lipinski definition) is 12. The molecule has 21 heteroatoms. The Balaban J connectivity index is 1.04. The number of aromatic nitrogens is 1. The molecule has 0 radical (unpaired) electrons. The number of rotatable bonds is 18. The second kappa shape index (κ2) is 23.4. The molecule has 1 aromatic heterocycles. The average molecular weight is 1030 g/mol. The lowest BCUT2D eigenvalue weighted by Crippen LogP contribution is -2.52. The van der Waals surface area contributed by atoms with Crippen molar-refractivity contribution >= 4 is 40.9 Å². The molecular formula is C53H49F5N4O12. The van der Waals surface area contributed by atoms with E-state index in [9.17, 15) is 51.0 Å². The van der Waals surface area contributed by atoms with Gasteiger partial charge in [0.25, 0.3) is 0 Å². The first kappa shape index (κ1) is 53.3. The van der Waals surface area contributed by atoms with E-state index in [1.54, 1.807) is 75.4 Å². The molecule has 7 rings (SSSR count). The van der Waals surface area contributed by atoms with Gasteiger partial charge in [-0.3, -0.25) is 9.69 Å². The Morgan fingerprint density at radius 2 is 1.43 bits per heavy atom. The zero-order valence-electron chi connectivity index (χ0n) is 40.2. The fourth-order valence-corrected chi connectivity index (χ4v) is 7.76. The quantitative estimate of drug-likeness (QED) is 0.0243. The van der Waals surface area contributed by atoms with Gasteiger partial charge in [-0.25, -0.2) is 37.3 Å². The van der Waals surface area contributed by atoms with E-state index in [1.165, 1.54) is 36.3 Å². The predicted molar refractivity (Wildman–Crippen MR) is 255 cm³/mol. The number of carbonyl (C=O) groups is 5. The molecular weight excluding hydrogens is 980 g/mol. The number of carboxylic acid groups (broad SMARTS) is 1. The number of nitrogens with zero attached hydrogens (tertiary/aromatic N) is 2. The van der Waals surface area contributed by atoms with Crippen molar-refractivity contribution in [3.05, 3.63) is 149 Å². The molecule has 0 saturated carbocycles. The van der Waals surface area contributed by atoms with Crippen LogP contribution in [0.4, 0.5) is 31.5 Å². The third kappa shape index (κ3) is 13.3. The first-order chi connectivity index (χ1) is 35.3. The molecule has 1 fully saturated rings. The van der Waals surface area contributed by atoms with Crippen molar-refractivity contribution < 1.29 is 79.5 Å². The summed E-state index contributed by atoms with van der Waals surface area (Å²) in [6.45, 7) is 4.26. The number of halogens is 5. The van der Waals surface area contributed by atoms with Crippen molar-refractivity contribution in [1.82, 2.24) is 20.5 Å². The highest BCUT2D eigenvalue weighted by Crippen LogP contribution is 2.35. The van der Waals surface area contributed by atoms with Gasteiger partial charge in [0, 0.05) is 42.3 Å². The molecule has 1 aliphatic heterocycles. The van der Waals surface area contributed by atoms with E-state index < -0.39 is 101 Å². The third-order valence-electron chi connectivity index (χ3n) is 11.3. The monoisotopic (exact) mass is 1030 g/mol. The molecule has 3 amide bonds. The molecule has 3 N–H and O–H groups in total. The number of likely N-dealkylation sites (tertiary alicyclic amines) is 1. The van der Waals surface area contributed by atoms with Gasteiger partial charge in [-0.05, 0) is 56.2 Å². The maximum atomic E-state index is 14.5. The average Bonchev–Trinajstić information content (AvgIpc) is 3.81. The van der Waals surface area contributed by atoms with Crippen LogP contribution in [0.2, 0.25) is 0 Å². The molecule has 388 valence electrons. The van der Waals surface area contributed by atoms with Crippen molar-refractivity contribution in [2.45, 2.75) is 76.5 Å². The highest BCUT2D eigenvalue weighted by Gasteiger charge is 2.44. The van der Waals surface area contributed by atoms with Crippen molar-refractivity contribution in [2.75, 3.05) is 20.3 Å². The number of hydrogen-bond donors (Lipinski definition) is 3. The Morgan fingerprint density at radius 1 is 0.770 bits per heavy atom. The molecule has 16 nitrogen and oxygen atoms in total. The standard InChI is InChI=1S/C53H49F5N4O12/c1-53(2,3)74-52(68)62-27-34(72-41-26-37(31-15-9-6-10-16-31)59-38-24-32(69-4)18-19-35(38)41)25-40(62)48(63)60-36(49(64)65)20-21-70-33-17-11-14-30(22-33)23-39(61-51(67)71-28-29-12-7-5-8-13-29)50(66)73-47-45(57)43(55)42(54)44(56)46(47)58/h5-19,22,24,26,34,36,39-40H,20-21,23,25,27-28H2,1-4H3,(H,60,63)(H,61,67)(H,64,65)/t34-,36+,39?,40?/m1/s1. The van der Waals surface area contributed by atoms with E-state index in [-0.39, 0.29) is 43.9 Å². The van der Waals surface area contributed by atoms with E-state index in [0.717, 1.165) is 5.56 Å². The van der Waals surface area contributed by atoms with Gasteiger partial charge in [0.1, 0.15) is 53.7 Å². The third-order valence-corrected chi connectivity index (χ3v) is 11.3. The van der Waals surface area contributed by atoms with Crippen molar-refractivity contribution in [3.8, 4) is 34.3 Å². The van der Waals surface area contributed by atoms with Crippen molar-refractivity contribution in [3.63, 3.8) is 0 Å².